The van der Waals surface area contributed by atoms with Crippen LogP contribution in [0.5, 0.6) is 0 Å². The molecule has 1 aromatic carbocycles. The molecule has 0 saturated carbocycles. The summed E-state index contributed by atoms with van der Waals surface area (Å²) in [6, 6.07) is 8.91. The monoisotopic (exact) mass is 289 g/mol. The van der Waals surface area contributed by atoms with E-state index in [1.807, 2.05) is 38.1 Å². The zero-order valence-electron chi connectivity index (χ0n) is 11.6. The molecule has 2 aromatic rings. The molecule has 1 heterocycles. The zero-order valence-corrected chi connectivity index (χ0v) is 12.4. The normalized spacial score (nSPS) is 10.2. The van der Waals surface area contributed by atoms with E-state index in [4.69, 9.17) is 11.6 Å². The Hall–Kier alpha value is -2.07. The van der Waals surface area contributed by atoms with Crippen LogP contribution in [0.4, 0.5) is 11.5 Å². The Morgan fingerprint density at radius 3 is 2.55 bits per heavy atom. The van der Waals surface area contributed by atoms with Crippen molar-refractivity contribution in [1.29, 1.82) is 0 Å². The molecule has 0 aliphatic heterocycles. The molecule has 20 heavy (non-hydrogen) atoms. The number of amides is 1. The molecule has 1 aromatic heterocycles. The lowest BCUT2D eigenvalue weighted by molar-refractivity contribution is 0.102. The second-order valence-electron chi connectivity index (χ2n) is 4.71. The van der Waals surface area contributed by atoms with Crippen molar-refractivity contribution in [2.45, 2.75) is 6.92 Å². The van der Waals surface area contributed by atoms with Gasteiger partial charge in [-0.05, 0) is 42.8 Å². The van der Waals surface area contributed by atoms with Crippen LogP contribution in [0, 0.1) is 6.92 Å². The maximum absolute atomic E-state index is 12.1. The number of aryl methyl sites for hydroxylation is 1. The van der Waals surface area contributed by atoms with Gasteiger partial charge in [-0.1, -0.05) is 11.6 Å². The number of hydrogen-bond acceptors (Lipinski definition) is 3. The maximum Gasteiger partial charge on any atom is 0.257 e. The van der Waals surface area contributed by atoms with Crippen molar-refractivity contribution in [3.8, 4) is 0 Å². The lowest BCUT2D eigenvalue weighted by atomic mass is 10.2. The number of carbonyl (C=O) groups is 1. The Balaban J connectivity index is 2.15. The van der Waals surface area contributed by atoms with Gasteiger partial charge in [0, 0.05) is 31.0 Å². The van der Waals surface area contributed by atoms with Crippen LogP contribution < -0.4 is 10.2 Å². The van der Waals surface area contributed by atoms with Crippen LogP contribution in [0.2, 0.25) is 5.02 Å². The number of nitrogens with zero attached hydrogens (tertiary/aromatic N) is 2. The molecule has 0 spiro atoms. The molecule has 1 amide bonds. The first-order chi connectivity index (χ1) is 9.47. The summed E-state index contributed by atoms with van der Waals surface area (Å²) in [4.78, 5) is 18.2. The summed E-state index contributed by atoms with van der Waals surface area (Å²) < 4.78 is 0. The predicted molar refractivity (Wildman–Crippen MR) is 82.7 cm³/mol. The van der Waals surface area contributed by atoms with Crippen LogP contribution in [0.15, 0.2) is 36.5 Å². The molecule has 0 atom stereocenters. The Morgan fingerprint density at radius 2 is 2.00 bits per heavy atom. The number of halogens is 1. The smallest absolute Gasteiger partial charge is 0.257 e. The summed E-state index contributed by atoms with van der Waals surface area (Å²) in [6.45, 7) is 1.90. The second kappa shape index (κ2) is 5.92. The number of aromatic nitrogens is 1. The summed E-state index contributed by atoms with van der Waals surface area (Å²) in [5.74, 6) is 0.623. The molecule has 1 N–H and O–H groups in total. The number of benzene rings is 1. The fourth-order valence-corrected chi connectivity index (χ4v) is 1.97. The van der Waals surface area contributed by atoms with Crippen LogP contribution in [-0.2, 0) is 0 Å². The minimum Gasteiger partial charge on any atom is -0.363 e. The van der Waals surface area contributed by atoms with Gasteiger partial charge in [0.25, 0.3) is 5.91 Å². The number of carbonyl (C=O) groups excluding carboxylic acids is 1. The SMILES string of the molecule is Cc1cc(Cl)ccc1NC(=O)c1ccc(N(C)C)nc1. The third-order valence-corrected chi connectivity index (χ3v) is 3.14. The summed E-state index contributed by atoms with van der Waals surface area (Å²) >= 11 is 5.89. The first-order valence-electron chi connectivity index (χ1n) is 6.18. The van der Waals surface area contributed by atoms with Crippen molar-refractivity contribution in [3.05, 3.63) is 52.7 Å². The van der Waals surface area contributed by atoms with E-state index in [0.29, 0.717) is 10.6 Å². The molecule has 4 nitrogen and oxygen atoms in total. The Kier molecular flexibility index (Phi) is 4.25. The predicted octanol–water partition coefficient (Wildman–Crippen LogP) is 3.36. The molecule has 5 heteroatoms. The molecule has 0 unspecified atom stereocenters. The maximum atomic E-state index is 12.1. The second-order valence-corrected chi connectivity index (χ2v) is 5.15. The highest BCUT2D eigenvalue weighted by molar-refractivity contribution is 6.30. The van der Waals surface area contributed by atoms with Gasteiger partial charge in [0.05, 0.1) is 5.56 Å². The van der Waals surface area contributed by atoms with E-state index in [0.717, 1.165) is 17.1 Å². The largest absolute Gasteiger partial charge is 0.363 e. The minimum atomic E-state index is -0.187. The van der Waals surface area contributed by atoms with Gasteiger partial charge in [0.1, 0.15) is 5.82 Å². The molecule has 0 fully saturated rings. The van der Waals surface area contributed by atoms with Gasteiger partial charge in [-0.3, -0.25) is 4.79 Å². The Labute approximate surface area is 123 Å². The average Bonchev–Trinajstić information content (AvgIpc) is 2.42. The highest BCUT2D eigenvalue weighted by atomic mass is 35.5. The molecule has 0 bridgehead atoms. The quantitative estimate of drug-likeness (QED) is 0.942. The highest BCUT2D eigenvalue weighted by Gasteiger charge is 2.09. The van der Waals surface area contributed by atoms with E-state index in [1.54, 1.807) is 24.4 Å². The summed E-state index contributed by atoms with van der Waals surface area (Å²) in [5.41, 5.74) is 2.18. The average molecular weight is 290 g/mol. The molecule has 0 radical (unpaired) electrons. The molecule has 0 saturated heterocycles. The third-order valence-electron chi connectivity index (χ3n) is 2.90. The van der Waals surface area contributed by atoms with Gasteiger partial charge >= 0.3 is 0 Å². The fourth-order valence-electron chi connectivity index (χ4n) is 1.75. The lowest BCUT2D eigenvalue weighted by Gasteiger charge is -2.12. The summed E-state index contributed by atoms with van der Waals surface area (Å²) in [5, 5.41) is 3.50. The van der Waals surface area contributed by atoms with E-state index in [-0.39, 0.29) is 5.91 Å². The third kappa shape index (κ3) is 3.27. The molecular formula is C15H16ClN3O. The van der Waals surface area contributed by atoms with Crippen LogP contribution in [0.3, 0.4) is 0 Å². The molecule has 0 aliphatic rings. The fraction of sp³-hybridized carbons (Fsp3) is 0.200. The number of pyridine rings is 1. The van der Waals surface area contributed by atoms with Crippen molar-refractivity contribution in [2.75, 3.05) is 24.3 Å². The summed E-state index contributed by atoms with van der Waals surface area (Å²) in [6.07, 6.45) is 1.57. The zero-order chi connectivity index (χ0) is 14.7. The van der Waals surface area contributed by atoms with Gasteiger partial charge in [-0.15, -0.1) is 0 Å². The van der Waals surface area contributed by atoms with E-state index in [9.17, 15) is 4.79 Å². The van der Waals surface area contributed by atoms with Crippen LogP contribution in [0.25, 0.3) is 0 Å². The Morgan fingerprint density at radius 1 is 1.25 bits per heavy atom. The lowest BCUT2D eigenvalue weighted by Crippen LogP contribution is -2.15. The van der Waals surface area contributed by atoms with Crippen LogP contribution in [-0.4, -0.2) is 25.0 Å². The first-order valence-corrected chi connectivity index (χ1v) is 6.56. The summed E-state index contributed by atoms with van der Waals surface area (Å²) in [7, 11) is 3.80. The molecular weight excluding hydrogens is 274 g/mol. The van der Waals surface area contributed by atoms with Crippen molar-refractivity contribution >= 4 is 29.0 Å². The van der Waals surface area contributed by atoms with Gasteiger partial charge in [0.2, 0.25) is 0 Å². The standard InChI is InChI=1S/C15H16ClN3O/c1-10-8-12(16)5-6-13(10)18-15(20)11-4-7-14(17-9-11)19(2)3/h4-9H,1-3H3,(H,18,20). The first kappa shape index (κ1) is 14.3. The number of hydrogen-bond donors (Lipinski definition) is 1. The number of anilines is 2. The van der Waals surface area contributed by atoms with Gasteiger partial charge in [0.15, 0.2) is 0 Å². The number of nitrogens with one attached hydrogen (secondary N) is 1. The van der Waals surface area contributed by atoms with E-state index < -0.39 is 0 Å². The van der Waals surface area contributed by atoms with E-state index in [2.05, 4.69) is 10.3 Å². The van der Waals surface area contributed by atoms with Crippen LogP contribution in [0.1, 0.15) is 15.9 Å². The van der Waals surface area contributed by atoms with Crippen molar-refractivity contribution < 1.29 is 4.79 Å². The molecule has 2 rings (SSSR count). The van der Waals surface area contributed by atoms with E-state index >= 15 is 0 Å². The van der Waals surface area contributed by atoms with Gasteiger partial charge < -0.3 is 10.2 Å². The van der Waals surface area contributed by atoms with Gasteiger partial charge in [-0.25, -0.2) is 4.98 Å². The highest BCUT2D eigenvalue weighted by Crippen LogP contribution is 2.20. The Bertz CT molecular complexity index is 624. The number of rotatable bonds is 3. The molecule has 104 valence electrons. The molecule has 0 aliphatic carbocycles. The van der Waals surface area contributed by atoms with Crippen molar-refractivity contribution in [2.24, 2.45) is 0 Å². The van der Waals surface area contributed by atoms with Crippen molar-refractivity contribution in [3.63, 3.8) is 0 Å². The van der Waals surface area contributed by atoms with E-state index in [1.165, 1.54) is 0 Å². The minimum absolute atomic E-state index is 0.187. The van der Waals surface area contributed by atoms with Crippen molar-refractivity contribution in [1.82, 2.24) is 4.98 Å². The topological polar surface area (TPSA) is 45.2 Å². The van der Waals surface area contributed by atoms with Gasteiger partial charge in [-0.2, -0.15) is 0 Å². The van der Waals surface area contributed by atoms with Crippen LogP contribution >= 0.6 is 11.6 Å².